The highest BCUT2D eigenvalue weighted by molar-refractivity contribution is 6.34. The number of hydrogen-bond acceptors (Lipinski definition) is 7. The Morgan fingerprint density at radius 2 is 1.73 bits per heavy atom. The number of hydrogen-bond donors (Lipinski definition) is 4. The van der Waals surface area contributed by atoms with Gasteiger partial charge in [-0.2, -0.15) is 0 Å². The molecule has 0 saturated carbocycles. The molecule has 2 aromatic rings. The highest BCUT2D eigenvalue weighted by Gasteiger charge is 2.26. The van der Waals surface area contributed by atoms with Crippen molar-refractivity contribution in [3.05, 3.63) is 62.5 Å². The topological polar surface area (TPSA) is 180 Å². The summed E-state index contributed by atoms with van der Waals surface area (Å²) < 4.78 is 29.6. The molecule has 0 fully saturated rings. The van der Waals surface area contributed by atoms with Crippen molar-refractivity contribution < 1.29 is 33.0 Å². The molecule has 220 valence electrons. The van der Waals surface area contributed by atoms with Crippen LogP contribution in [0.2, 0.25) is 0 Å². The van der Waals surface area contributed by atoms with Gasteiger partial charge in [0.2, 0.25) is 5.91 Å². The minimum atomic E-state index is -0.449. The summed E-state index contributed by atoms with van der Waals surface area (Å²) >= 11 is 0. The Hall–Kier alpha value is -4.23. The first-order chi connectivity index (χ1) is 19.8. The zero-order valence-electron chi connectivity index (χ0n) is 23.0. The Morgan fingerprint density at radius 3 is 2.46 bits per heavy atom. The van der Waals surface area contributed by atoms with Crippen LogP contribution in [-0.4, -0.2) is 82.0 Å². The summed E-state index contributed by atoms with van der Waals surface area (Å²) in [6.07, 6.45) is 1.78. The summed E-state index contributed by atoms with van der Waals surface area (Å²) in [6, 6.07) is 4.08. The van der Waals surface area contributed by atoms with Gasteiger partial charge < -0.3 is 35.1 Å². The Kier molecular flexibility index (Phi) is 12.3. The van der Waals surface area contributed by atoms with Crippen LogP contribution in [0.5, 0.6) is 0 Å². The molecule has 1 aliphatic heterocycles. The van der Waals surface area contributed by atoms with Crippen LogP contribution in [0.4, 0.5) is 10.1 Å². The Bertz CT molecular complexity index is 1320. The second kappa shape index (κ2) is 16.1. The number of fused-ring (bicyclic) bond motifs is 1. The number of halogens is 1. The summed E-state index contributed by atoms with van der Waals surface area (Å²) in [4.78, 5) is 43.0. The number of rotatable bonds is 17. The van der Waals surface area contributed by atoms with Crippen LogP contribution >= 0.6 is 0 Å². The fourth-order valence-electron chi connectivity index (χ4n) is 4.12. The van der Waals surface area contributed by atoms with Crippen LogP contribution in [0.1, 0.15) is 39.3 Å². The van der Waals surface area contributed by atoms with Crippen molar-refractivity contribution in [2.24, 2.45) is 5.11 Å². The maximum Gasteiger partial charge on any atom is 0.256 e. The third-order valence-corrected chi connectivity index (χ3v) is 6.11. The van der Waals surface area contributed by atoms with Gasteiger partial charge in [0, 0.05) is 53.6 Å². The van der Waals surface area contributed by atoms with Crippen LogP contribution in [0.3, 0.4) is 0 Å². The number of benzene rings is 1. The number of anilines is 1. The van der Waals surface area contributed by atoms with E-state index < -0.39 is 5.82 Å². The van der Waals surface area contributed by atoms with Gasteiger partial charge in [-0.1, -0.05) is 5.11 Å². The Morgan fingerprint density at radius 1 is 1.05 bits per heavy atom. The van der Waals surface area contributed by atoms with E-state index in [2.05, 4.69) is 31.0 Å². The number of nitrogens with zero attached hydrogens (tertiary/aromatic N) is 3. The Balaban J connectivity index is 1.34. The zero-order valence-corrected chi connectivity index (χ0v) is 23.0. The van der Waals surface area contributed by atoms with Gasteiger partial charge in [-0.3, -0.25) is 14.4 Å². The molecule has 0 atom stereocenters. The van der Waals surface area contributed by atoms with Gasteiger partial charge in [-0.15, -0.1) is 0 Å². The minimum Gasteiger partial charge on any atom is -0.379 e. The number of nitrogens with one attached hydrogen (secondary N) is 4. The smallest absolute Gasteiger partial charge is 0.256 e. The molecule has 0 spiro atoms. The van der Waals surface area contributed by atoms with Crippen LogP contribution in [-0.2, 0) is 23.8 Å². The molecule has 3 rings (SSSR count). The second-order valence-corrected chi connectivity index (χ2v) is 9.01. The average Bonchev–Trinajstić information content (AvgIpc) is 3.40. The number of ether oxygens (including phenoxy) is 3. The molecular weight excluding hydrogens is 537 g/mol. The van der Waals surface area contributed by atoms with Gasteiger partial charge in [0.05, 0.1) is 50.8 Å². The molecule has 1 aliphatic rings. The number of azide groups is 1. The van der Waals surface area contributed by atoms with E-state index in [1.807, 2.05) is 0 Å². The molecule has 0 unspecified atom stereocenters. The number of aryl methyl sites for hydroxylation is 1. The lowest BCUT2D eigenvalue weighted by Crippen LogP contribution is -2.35. The third kappa shape index (κ3) is 9.43. The molecule has 1 aromatic carbocycles. The van der Waals surface area contributed by atoms with Gasteiger partial charge in [-0.25, -0.2) is 4.39 Å². The average molecular weight is 572 g/mol. The molecule has 41 heavy (non-hydrogen) atoms. The molecule has 1 aromatic heterocycles. The maximum atomic E-state index is 13.8. The van der Waals surface area contributed by atoms with E-state index in [0.29, 0.717) is 72.4 Å². The van der Waals surface area contributed by atoms with E-state index in [9.17, 15) is 18.8 Å². The van der Waals surface area contributed by atoms with Crippen molar-refractivity contribution in [2.75, 3.05) is 64.6 Å². The molecular formula is C27H34FN7O6. The van der Waals surface area contributed by atoms with Crippen LogP contribution in [0.25, 0.3) is 22.1 Å². The van der Waals surface area contributed by atoms with Gasteiger partial charge >= 0.3 is 0 Å². The van der Waals surface area contributed by atoms with Gasteiger partial charge in [0.15, 0.2) is 0 Å². The minimum absolute atomic E-state index is 0.172. The first-order valence-electron chi connectivity index (χ1n) is 13.1. The number of carbonyl (C=O) groups excluding carboxylic acids is 3. The van der Waals surface area contributed by atoms with Crippen LogP contribution < -0.4 is 16.0 Å². The van der Waals surface area contributed by atoms with Crippen LogP contribution in [0, 0.1) is 19.7 Å². The Labute approximate surface area is 236 Å². The van der Waals surface area contributed by atoms with E-state index in [-0.39, 0.29) is 50.4 Å². The van der Waals surface area contributed by atoms with Gasteiger partial charge in [-0.05, 0) is 49.2 Å². The second-order valence-electron chi connectivity index (χ2n) is 9.01. The predicted molar refractivity (Wildman–Crippen MR) is 150 cm³/mol. The zero-order chi connectivity index (χ0) is 29.6. The highest BCUT2D eigenvalue weighted by Crippen LogP contribution is 2.34. The number of carbonyl (C=O) groups is 3. The molecule has 2 heterocycles. The molecule has 0 bridgehead atoms. The molecule has 3 amide bonds. The summed E-state index contributed by atoms with van der Waals surface area (Å²) in [6.45, 7) is 6.32. The van der Waals surface area contributed by atoms with E-state index in [1.165, 1.54) is 18.2 Å². The van der Waals surface area contributed by atoms with Crippen LogP contribution in [0.15, 0.2) is 23.3 Å². The van der Waals surface area contributed by atoms with E-state index in [0.717, 1.165) is 0 Å². The molecule has 13 nitrogen and oxygen atoms in total. The normalized spacial score (nSPS) is 13.0. The maximum absolute atomic E-state index is 13.8. The SMILES string of the molecule is Cc1[nH]c(/C=C2\C(=O)Nc3ccc(F)cc32)c(C)c1C(=O)NCCNC(=O)CCOCCOCCOCCN=[N+]=[N-]. The summed E-state index contributed by atoms with van der Waals surface area (Å²) in [5.74, 6) is -1.32. The fraction of sp³-hybridized carbons (Fsp3) is 0.444. The monoisotopic (exact) mass is 571 g/mol. The fourth-order valence-corrected chi connectivity index (χ4v) is 4.12. The van der Waals surface area contributed by atoms with E-state index in [1.54, 1.807) is 19.9 Å². The summed E-state index contributed by atoms with van der Waals surface area (Å²) in [5, 5.41) is 11.6. The quantitative estimate of drug-likeness (QED) is 0.0745. The number of amides is 3. The van der Waals surface area contributed by atoms with Gasteiger partial charge in [0.1, 0.15) is 5.82 Å². The lowest BCUT2D eigenvalue weighted by Gasteiger charge is -2.09. The van der Waals surface area contributed by atoms with Crippen molar-refractivity contribution in [1.29, 1.82) is 0 Å². The molecule has 14 heteroatoms. The first-order valence-corrected chi connectivity index (χ1v) is 13.1. The van der Waals surface area contributed by atoms with Crippen molar-refractivity contribution in [3.63, 3.8) is 0 Å². The number of aromatic nitrogens is 1. The molecule has 0 saturated heterocycles. The van der Waals surface area contributed by atoms with Crippen molar-refractivity contribution in [3.8, 4) is 0 Å². The van der Waals surface area contributed by atoms with Crippen molar-refractivity contribution in [2.45, 2.75) is 20.3 Å². The highest BCUT2D eigenvalue weighted by atomic mass is 19.1. The largest absolute Gasteiger partial charge is 0.379 e. The predicted octanol–water partition coefficient (Wildman–Crippen LogP) is 2.86. The van der Waals surface area contributed by atoms with Crippen molar-refractivity contribution in [1.82, 2.24) is 15.6 Å². The lowest BCUT2D eigenvalue weighted by atomic mass is 10.0. The molecule has 0 aliphatic carbocycles. The third-order valence-electron chi connectivity index (χ3n) is 6.11. The lowest BCUT2D eigenvalue weighted by molar-refractivity contribution is -0.122. The first kappa shape index (κ1) is 31.3. The van der Waals surface area contributed by atoms with E-state index >= 15 is 0 Å². The molecule has 0 radical (unpaired) electrons. The van der Waals surface area contributed by atoms with Crippen molar-refractivity contribution >= 4 is 35.1 Å². The molecule has 4 N–H and O–H groups in total. The number of aromatic amines is 1. The number of H-pyrrole nitrogens is 1. The van der Waals surface area contributed by atoms with E-state index in [4.69, 9.17) is 19.7 Å². The standard InChI is InChI=1S/C27H34FN7O6/c1-17-23(16-21-20-15-19(28)3-4-22(20)34-26(21)37)33-18(2)25(17)27(38)31-7-6-30-24(36)5-9-39-11-13-41-14-12-40-10-8-32-35-29/h3-4,15-16,33H,5-14H2,1-2H3,(H,30,36)(H,31,38)(H,34,37)/b21-16-. The summed E-state index contributed by atoms with van der Waals surface area (Å²) in [7, 11) is 0. The summed E-state index contributed by atoms with van der Waals surface area (Å²) in [5.41, 5.74) is 11.7. The van der Waals surface area contributed by atoms with Gasteiger partial charge in [0.25, 0.3) is 11.8 Å².